The Morgan fingerprint density at radius 2 is 2.29 bits per heavy atom. The fourth-order valence-electron chi connectivity index (χ4n) is 2.64. The van der Waals surface area contributed by atoms with Crippen molar-refractivity contribution in [3.05, 3.63) is 23.8 Å². The van der Waals surface area contributed by atoms with Crippen LogP contribution in [0, 0.1) is 0 Å². The van der Waals surface area contributed by atoms with Crippen molar-refractivity contribution >= 4 is 5.97 Å². The van der Waals surface area contributed by atoms with Gasteiger partial charge in [0.15, 0.2) is 6.10 Å². The molecule has 0 saturated heterocycles. The molecule has 21 heavy (non-hydrogen) atoms. The van der Waals surface area contributed by atoms with E-state index in [4.69, 9.17) is 14.6 Å². The Morgan fingerprint density at radius 3 is 2.86 bits per heavy atom. The van der Waals surface area contributed by atoms with Crippen LogP contribution in [-0.4, -0.2) is 29.8 Å². The molecule has 1 aliphatic rings. The molecule has 0 amide bonds. The maximum Gasteiger partial charge on any atom is 0.344 e. The number of carboxylic acid groups (broad SMARTS) is 1. The Morgan fingerprint density at radius 1 is 1.57 bits per heavy atom. The third-order valence-electron chi connectivity index (χ3n) is 3.72. The summed E-state index contributed by atoms with van der Waals surface area (Å²) in [5.41, 5.74) is 0.809. The van der Waals surface area contributed by atoms with Gasteiger partial charge in [-0.1, -0.05) is 13.0 Å². The number of hydrogen-bond donors (Lipinski definition) is 2. The molecular weight excluding hydrogens is 270 g/mol. The van der Waals surface area contributed by atoms with Crippen LogP contribution in [0.2, 0.25) is 0 Å². The van der Waals surface area contributed by atoms with Crippen molar-refractivity contribution in [1.82, 2.24) is 5.32 Å². The Kier molecular flexibility index (Phi) is 4.42. The molecule has 0 spiro atoms. The lowest BCUT2D eigenvalue weighted by molar-refractivity contribution is -0.145. The average molecular weight is 293 g/mol. The third kappa shape index (κ3) is 3.47. The summed E-state index contributed by atoms with van der Waals surface area (Å²) in [6, 6.07) is 5.75. The van der Waals surface area contributed by atoms with Gasteiger partial charge in [-0.3, -0.25) is 0 Å². The van der Waals surface area contributed by atoms with Crippen molar-refractivity contribution in [3.63, 3.8) is 0 Å². The van der Waals surface area contributed by atoms with E-state index in [-0.39, 0.29) is 11.6 Å². The van der Waals surface area contributed by atoms with E-state index in [1.807, 2.05) is 27.0 Å². The molecule has 1 aliphatic heterocycles. The Balaban J connectivity index is 2.28. The Hall–Kier alpha value is -1.75. The predicted molar refractivity (Wildman–Crippen MR) is 79.9 cm³/mol. The highest BCUT2D eigenvalue weighted by molar-refractivity contribution is 5.72. The summed E-state index contributed by atoms with van der Waals surface area (Å²) < 4.78 is 11.5. The van der Waals surface area contributed by atoms with Gasteiger partial charge in [0.2, 0.25) is 0 Å². The quantitative estimate of drug-likeness (QED) is 0.873. The van der Waals surface area contributed by atoms with Crippen LogP contribution in [0.25, 0.3) is 0 Å². The van der Waals surface area contributed by atoms with Crippen LogP contribution in [0.5, 0.6) is 11.5 Å². The van der Waals surface area contributed by atoms with Gasteiger partial charge in [0.25, 0.3) is 0 Å². The highest BCUT2D eigenvalue weighted by Gasteiger charge is 2.33. The van der Waals surface area contributed by atoms with Gasteiger partial charge in [0.05, 0.1) is 0 Å². The molecule has 1 aromatic rings. The molecule has 2 N–H and O–H groups in total. The van der Waals surface area contributed by atoms with Gasteiger partial charge in [0.1, 0.15) is 17.1 Å². The minimum atomic E-state index is -0.954. The molecule has 0 fully saturated rings. The Labute approximate surface area is 125 Å². The van der Waals surface area contributed by atoms with Crippen LogP contribution < -0.4 is 14.8 Å². The number of nitrogens with one attached hydrogen (secondary N) is 1. The van der Waals surface area contributed by atoms with Crippen molar-refractivity contribution in [2.75, 3.05) is 7.05 Å². The topological polar surface area (TPSA) is 67.8 Å². The highest BCUT2D eigenvalue weighted by atomic mass is 16.5. The minimum Gasteiger partial charge on any atom is -0.487 e. The Bertz CT molecular complexity index is 527. The van der Waals surface area contributed by atoms with Crippen molar-refractivity contribution in [2.45, 2.75) is 51.4 Å². The van der Waals surface area contributed by atoms with Crippen LogP contribution >= 0.6 is 0 Å². The first-order chi connectivity index (χ1) is 9.86. The summed E-state index contributed by atoms with van der Waals surface area (Å²) in [7, 11) is 1.93. The molecule has 0 aromatic heterocycles. The van der Waals surface area contributed by atoms with E-state index < -0.39 is 12.1 Å². The molecule has 0 radical (unpaired) electrons. The van der Waals surface area contributed by atoms with E-state index in [2.05, 4.69) is 5.32 Å². The second-order valence-corrected chi connectivity index (χ2v) is 5.96. The van der Waals surface area contributed by atoms with Crippen molar-refractivity contribution in [1.29, 1.82) is 0 Å². The van der Waals surface area contributed by atoms with Crippen LogP contribution in [0.1, 0.15) is 45.2 Å². The molecule has 1 heterocycles. The molecule has 2 atom stereocenters. The second kappa shape index (κ2) is 5.93. The lowest BCUT2D eigenvalue weighted by atomic mass is 9.90. The number of aliphatic carboxylic acids is 1. The fourth-order valence-corrected chi connectivity index (χ4v) is 2.64. The number of hydrogen-bond acceptors (Lipinski definition) is 4. The first-order valence-corrected chi connectivity index (χ1v) is 7.26. The van der Waals surface area contributed by atoms with E-state index in [9.17, 15) is 4.79 Å². The molecule has 0 aliphatic carbocycles. The van der Waals surface area contributed by atoms with Crippen molar-refractivity contribution in [3.8, 4) is 11.5 Å². The summed E-state index contributed by atoms with van der Waals surface area (Å²) in [5.74, 6) is 0.323. The van der Waals surface area contributed by atoms with E-state index in [1.165, 1.54) is 0 Å². The standard InChI is InChI=1S/C16H23NO4/c1-5-13(15(18)19)20-10-6-7-11-12(17-4)9-16(2,3)21-14(11)8-10/h6-8,12-13,17H,5,9H2,1-4H3,(H,18,19). The zero-order valence-corrected chi connectivity index (χ0v) is 13.0. The van der Waals surface area contributed by atoms with Gasteiger partial charge in [-0.05, 0) is 33.4 Å². The highest BCUT2D eigenvalue weighted by Crippen LogP contribution is 2.41. The first-order valence-electron chi connectivity index (χ1n) is 7.26. The number of carbonyl (C=O) groups is 1. The number of benzene rings is 1. The summed E-state index contributed by atoms with van der Waals surface area (Å²) in [4.78, 5) is 11.1. The van der Waals surface area contributed by atoms with Crippen LogP contribution in [0.4, 0.5) is 0 Å². The monoisotopic (exact) mass is 293 g/mol. The van der Waals surface area contributed by atoms with Gasteiger partial charge < -0.3 is 19.9 Å². The fraction of sp³-hybridized carbons (Fsp3) is 0.562. The minimum absolute atomic E-state index is 0.222. The molecule has 1 aromatic carbocycles. The number of carboxylic acids is 1. The van der Waals surface area contributed by atoms with Gasteiger partial charge in [0, 0.05) is 24.1 Å². The molecule has 5 heteroatoms. The van der Waals surface area contributed by atoms with Gasteiger partial charge in [-0.25, -0.2) is 4.79 Å². The zero-order valence-electron chi connectivity index (χ0n) is 13.0. The lowest BCUT2D eigenvalue weighted by Gasteiger charge is -2.37. The second-order valence-electron chi connectivity index (χ2n) is 5.96. The molecule has 116 valence electrons. The number of ether oxygens (including phenoxy) is 2. The molecular formula is C16H23NO4. The summed E-state index contributed by atoms with van der Waals surface area (Å²) in [6.45, 7) is 5.87. The summed E-state index contributed by atoms with van der Waals surface area (Å²) in [6.07, 6.45) is 0.459. The largest absolute Gasteiger partial charge is 0.487 e. The SMILES string of the molecule is CCC(Oc1ccc2c(c1)OC(C)(C)CC2NC)C(=O)O. The maximum absolute atomic E-state index is 11.1. The zero-order chi connectivity index (χ0) is 15.6. The van der Waals surface area contributed by atoms with Crippen LogP contribution in [0.3, 0.4) is 0 Å². The van der Waals surface area contributed by atoms with E-state index >= 15 is 0 Å². The van der Waals surface area contributed by atoms with E-state index in [0.29, 0.717) is 12.2 Å². The smallest absolute Gasteiger partial charge is 0.344 e. The predicted octanol–water partition coefficient (Wildman–Crippen LogP) is 2.75. The molecule has 2 rings (SSSR count). The number of rotatable bonds is 5. The van der Waals surface area contributed by atoms with Gasteiger partial charge in [-0.15, -0.1) is 0 Å². The molecule has 0 saturated carbocycles. The van der Waals surface area contributed by atoms with Crippen molar-refractivity contribution in [2.24, 2.45) is 0 Å². The maximum atomic E-state index is 11.1. The van der Waals surface area contributed by atoms with Crippen molar-refractivity contribution < 1.29 is 19.4 Å². The van der Waals surface area contributed by atoms with Gasteiger partial charge >= 0.3 is 5.97 Å². The molecule has 0 bridgehead atoms. The van der Waals surface area contributed by atoms with Crippen LogP contribution in [0.15, 0.2) is 18.2 Å². The normalized spacial score (nSPS) is 21.0. The van der Waals surface area contributed by atoms with E-state index in [1.54, 1.807) is 19.1 Å². The lowest BCUT2D eigenvalue weighted by Crippen LogP contribution is -2.38. The van der Waals surface area contributed by atoms with Gasteiger partial charge in [-0.2, -0.15) is 0 Å². The molecule has 5 nitrogen and oxygen atoms in total. The summed E-state index contributed by atoms with van der Waals surface area (Å²) >= 11 is 0. The number of fused-ring (bicyclic) bond motifs is 1. The average Bonchev–Trinajstić information content (AvgIpc) is 2.42. The summed E-state index contributed by atoms with van der Waals surface area (Å²) in [5, 5.41) is 12.4. The third-order valence-corrected chi connectivity index (χ3v) is 3.72. The van der Waals surface area contributed by atoms with E-state index in [0.717, 1.165) is 17.7 Å². The van der Waals surface area contributed by atoms with Crippen LogP contribution in [-0.2, 0) is 4.79 Å². The molecule has 2 unspecified atom stereocenters. The first kappa shape index (κ1) is 15.6.